The SMILES string of the molecule is c1ccc2ncc(NC3CCCc4sccc43)cc2c1. The summed E-state index contributed by atoms with van der Waals surface area (Å²) in [5, 5.41) is 7.06. The van der Waals surface area contributed by atoms with Crippen molar-refractivity contribution >= 4 is 27.9 Å². The van der Waals surface area contributed by atoms with Gasteiger partial charge in [-0.25, -0.2) is 0 Å². The summed E-state index contributed by atoms with van der Waals surface area (Å²) in [7, 11) is 0. The van der Waals surface area contributed by atoms with Gasteiger partial charge in [0.15, 0.2) is 0 Å². The lowest BCUT2D eigenvalue weighted by molar-refractivity contribution is 0.609. The van der Waals surface area contributed by atoms with Crippen LogP contribution in [0.5, 0.6) is 0 Å². The lowest BCUT2D eigenvalue weighted by Gasteiger charge is -2.24. The molecule has 3 heteroatoms. The molecule has 1 atom stereocenters. The van der Waals surface area contributed by atoms with Gasteiger partial charge < -0.3 is 5.32 Å². The molecule has 0 saturated carbocycles. The summed E-state index contributed by atoms with van der Waals surface area (Å²) in [6.45, 7) is 0. The summed E-state index contributed by atoms with van der Waals surface area (Å²) in [6, 6.07) is 13.2. The molecule has 1 aromatic carbocycles. The van der Waals surface area contributed by atoms with E-state index >= 15 is 0 Å². The quantitative estimate of drug-likeness (QED) is 0.730. The van der Waals surface area contributed by atoms with Crippen LogP contribution in [0.2, 0.25) is 0 Å². The average molecular weight is 280 g/mol. The number of hydrogen-bond acceptors (Lipinski definition) is 3. The maximum atomic E-state index is 4.53. The van der Waals surface area contributed by atoms with Crippen LogP contribution in [0.1, 0.15) is 29.3 Å². The Bertz CT molecular complexity index is 747. The first-order valence-electron chi connectivity index (χ1n) is 7.08. The lowest BCUT2D eigenvalue weighted by atomic mass is 9.94. The summed E-state index contributed by atoms with van der Waals surface area (Å²) < 4.78 is 0. The number of nitrogens with zero attached hydrogens (tertiary/aromatic N) is 1. The van der Waals surface area contributed by atoms with Gasteiger partial charge in [0.25, 0.3) is 0 Å². The molecule has 1 aliphatic rings. The van der Waals surface area contributed by atoms with Crippen molar-refractivity contribution in [3.63, 3.8) is 0 Å². The molecule has 0 amide bonds. The van der Waals surface area contributed by atoms with Crippen LogP contribution in [0.3, 0.4) is 0 Å². The lowest BCUT2D eigenvalue weighted by Crippen LogP contribution is -2.15. The summed E-state index contributed by atoms with van der Waals surface area (Å²) >= 11 is 1.89. The number of pyridine rings is 1. The number of para-hydroxylation sites is 1. The van der Waals surface area contributed by atoms with Crippen molar-refractivity contribution < 1.29 is 0 Å². The minimum absolute atomic E-state index is 0.438. The summed E-state index contributed by atoms with van der Waals surface area (Å²) in [5.41, 5.74) is 3.65. The van der Waals surface area contributed by atoms with E-state index in [1.807, 2.05) is 23.6 Å². The van der Waals surface area contributed by atoms with Crippen LogP contribution in [0.4, 0.5) is 5.69 Å². The van der Waals surface area contributed by atoms with E-state index in [9.17, 15) is 0 Å². The average Bonchev–Trinajstić information content (AvgIpc) is 2.97. The number of benzene rings is 1. The van der Waals surface area contributed by atoms with Crippen LogP contribution in [-0.2, 0) is 6.42 Å². The fraction of sp³-hybridized carbons (Fsp3) is 0.235. The van der Waals surface area contributed by atoms with Crippen LogP contribution in [0.25, 0.3) is 10.9 Å². The van der Waals surface area contributed by atoms with Gasteiger partial charge in [-0.05, 0) is 48.4 Å². The normalized spacial score (nSPS) is 17.9. The van der Waals surface area contributed by atoms with Crippen molar-refractivity contribution in [1.82, 2.24) is 4.98 Å². The third-order valence-corrected chi connectivity index (χ3v) is 4.98. The van der Waals surface area contributed by atoms with Gasteiger partial charge in [-0.3, -0.25) is 4.98 Å². The van der Waals surface area contributed by atoms with E-state index in [1.54, 1.807) is 4.88 Å². The molecule has 0 bridgehead atoms. The summed E-state index contributed by atoms with van der Waals surface area (Å²) in [5.74, 6) is 0. The van der Waals surface area contributed by atoms with Gasteiger partial charge >= 0.3 is 0 Å². The molecule has 4 rings (SSSR count). The second-order valence-corrected chi connectivity index (χ2v) is 6.31. The highest BCUT2D eigenvalue weighted by Crippen LogP contribution is 2.35. The molecule has 100 valence electrons. The van der Waals surface area contributed by atoms with Crippen LogP contribution in [0.15, 0.2) is 48.0 Å². The van der Waals surface area contributed by atoms with Crippen LogP contribution >= 0.6 is 11.3 Å². The van der Waals surface area contributed by atoms with Crippen LogP contribution in [0, 0.1) is 0 Å². The summed E-state index contributed by atoms with van der Waals surface area (Å²) in [4.78, 5) is 6.07. The second-order valence-electron chi connectivity index (χ2n) is 5.30. The molecule has 1 N–H and O–H groups in total. The Morgan fingerprint density at radius 2 is 2.15 bits per heavy atom. The Labute approximate surface area is 122 Å². The molecule has 0 spiro atoms. The molecule has 2 nitrogen and oxygen atoms in total. The first kappa shape index (κ1) is 11.9. The molecular weight excluding hydrogens is 264 g/mol. The maximum absolute atomic E-state index is 4.53. The number of nitrogens with one attached hydrogen (secondary N) is 1. The number of aryl methyl sites for hydroxylation is 1. The van der Waals surface area contributed by atoms with E-state index in [0.29, 0.717) is 6.04 Å². The zero-order valence-corrected chi connectivity index (χ0v) is 12.0. The van der Waals surface area contributed by atoms with Crippen molar-refractivity contribution in [3.05, 3.63) is 58.4 Å². The first-order chi connectivity index (χ1) is 9.90. The Balaban J connectivity index is 1.65. The molecule has 0 radical (unpaired) electrons. The molecule has 0 aliphatic heterocycles. The molecule has 1 aliphatic carbocycles. The number of anilines is 1. The van der Waals surface area contributed by atoms with E-state index < -0.39 is 0 Å². The van der Waals surface area contributed by atoms with E-state index in [2.05, 4.69) is 46.0 Å². The molecular formula is C17H16N2S. The van der Waals surface area contributed by atoms with E-state index in [-0.39, 0.29) is 0 Å². The topological polar surface area (TPSA) is 24.9 Å². The van der Waals surface area contributed by atoms with E-state index in [4.69, 9.17) is 0 Å². The predicted molar refractivity (Wildman–Crippen MR) is 85.4 cm³/mol. The van der Waals surface area contributed by atoms with Crippen molar-refractivity contribution in [3.8, 4) is 0 Å². The molecule has 3 aromatic rings. The highest BCUT2D eigenvalue weighted by Gasteiger charge is 2.20. The monoisotopic (exact) mass is 280 g/mol. The molecule has 0 fully saturated rings. The number of rotatable bonds is 2. The van der Waals surface area contributed by atoms with Gasteiger partial charge in [-0.2, -0.15) is 0 Å². The number of hydrogen-bond donors (Lipinski definition) is 1. The van der Waals surface area contributed by atoms with Gasteiger partial charge in [0.2, 0.25) is 0 Å². The largest absolute Gasteiger partial charge is 0.377 e. The maximum Gasteiger partial charge on any atom is 0.0703 e. The highest BCUT2D eigenvalue weighted by atomic mass is 32.1. The van der Waals surface area contributed by atoms with Gasteiger partial charge in [0.05, 0.1) is 23.4 Å². The van der Waals surface area contributed by atoms with Crippen molar-refractivity contribution in [1.29, 1.82) is 0 Å². The highest BCUT2D eigenvalue weighted by molar-refractivity contribution is 7.10. The van der Waals surface area contributed by atoms with E-state index in [1.165, 1.54) is 30.2 Å². The van der Waals surface area contributed by atoms with Crippen molar-refractivity contribution in [2.45, 2.75) is 25.3 Å². The fourth-order valence-corrected chi connectivity index (χ4v) is 3.98. The van der Waals surface area contributed by atoms with Gasteiger partial charge in [-0.1, -0.05) is 18.2 Å². The van der Waals surface area contributed by atoms with Gasteiger partial charge in [0.1, 0.15) is 0 Å². The molecule has 1 unspecified atom stereocenters. The van der Waals surface area contributed by atoms with Crippen LogP contribution < -0.4 is 5.32 Å². The molecule has 0 saturated heterocycles. The Kier molecular flexibility index (Phi) is 2.92. The zero-order chi connectivity index (χ0) is 13.4. The minimum Gasteiger partial charge on any atom is -0.377 e. The van der Waals surface area contributed by atoms with Crippen molar-refractivity contribution in [2.24, 2.45) is 0 Å². The van der Waals surface area contributed by atoms with E-state index in [0.717, 1.165) is 11.2 Å². The standard InChI is InChI=1S/C17H16N2S/c1-2-5-15-12(4-1)10-13(11-18-15)19-16-6-3-7-17-14(16)8-9-20-17/h1-2,4-5,8-11,16,19H,3,6-7H2. The first-order valence-corrected chi connectivity index (χ1v) is 7.96. The fourth-order valence-electron chi connectivity index (χ4n) is 2.99. The Morgan fingerprint density at radius 3 is 3.15 bits per heavy atom. The third kappa shape index (κ3) is 2.08. The molecule has 2 heterocycles. The van der Waals surface area contributed by atoms with Crippen molar-refractivity contribution in [2.75, 3.05) is 5.32 Å². The summed E-state index contributed by atoms with van der Waals surface area (Å²) in [6.07, 6.45) is 5.66. The van der Waals surface area contributed by atoms with Gasteiger partial charge in [-0.15, -0.1) is 11.3 Å². The third-order valence-electron chi connectivity index (χ3n) is 3.98. The number of thiophene rings is 1. The number of aromatic nitrogens is 1. The number of fused-ring (bicyclic) bond motifs is 2. The second kappa shape index (κ2) is 4.91. The zero-order valence-electron chi connectivity index (χ0n) is 11.2. The molecule has 2 aromatic heterocycles. The van der Waals surface area contributed by atoms with Crippen LogP contribution in [-0.4, -0.2) is 4.98 Å². The Hall–Kier alpha value is -1.87. The predicted octanol–water partition coefficient (Wildman–Crippen LogP) is 4.79. The minimum atomic E-state index is 0.438. The smallest absolute Gasteiger partial charge is 0.0703 e. The molecule has 20 heavy (non-hydrogen) atoms. The van der Waals surface area contributed by atoms with Gasteiger partial charge in [0, 0.05) is 10.3 Å². The Morgan fingerprint density at radius 1 is 1.20 bits per heavy atom.